The molecule has 0 aliphatic carbocycles. The summed E-state index contributed by atoms with van der Waals surface area (Å²) in [5.41, 5.74) is 3.76. The van der Waals surface area contributed by atoms with Gasteiger partial charge in [0, 0.05) is 15.6 Å². The Hall–Kier alpha value is -2.54. The van der Waals surface area contributed by atoms with Gasteiger partial charge in [-0.25, -0.2) is 5.43 Å². The van der Waals surface area contributed by atoms with E-state index >= 15 is 0 Å². The second kappa shape index (κ2) is 7.35. The second-order valence-corrected chi connectivity index (χ2v) is 5.74. The molecule has 124 valence electrons. The quantitative estimate of drug-likeness (QED) is 0.627. The molecule has 1 heterocycles. The van der Waals surface area contributed by atoms with Crippen LogP contribution in [0.4, 0.5) is 0 Å². The maximum Gasteiger partial charge on any atom is 0.271 e. The van der Waals surface area contributed by atoms with Gasteiger partial charge in [-0.1, -0.05) is 0 Å². The summed E-state index contributed by atoms with van der Waals surface area (Å²) in [6, 6.07) is 10.5. The van der Waals surface area contributed by atoms with E-state index in [2.05, 4.69) is 26.5 Å². The van der Waals surface area contributed by atoms with Crippen molar-refractivity contribution in [2.24, 2.45) is 5.10 Å². The predicted octanol–water partition coefficient (Wildman–Crippen LogP) is 3.34. The number of ether oxygens (including phenoxy) is 3. The molecule has 0 unspecified atom stereocenters. The molecule has 0 spiro atoms. The Bertz CT molecular complexity index is 775. The highest BCUT2D eigenvalue weighted by atomic mass is 79.9. The van der Waals surface area contributed by atoms with Crippen molar-refractivity contribution >= 4 is 28.1 Å². The van der Waals surface area contributed by atoms with Crippen molar-refractivity contribution in [2.45, 2.75) is 6.92 Å². The van der Waals surface area contributed by atoms with Crippen LogP contribution in [0.25, 0.3) is 0 Å². The molecule has 24 heavy (non-hydrogen) atoms. The minimum absolute atomic E-state index is 0.205. The highest BCUT2D eigenvalue weighted by Crippen LogP contribution is 2.36. The number of amides is 1. The van der Waals surface area contributed by atoms with E-state index in [1.807, 2.05) is 6.92 Å². The number of rotatable bonds is 5. The van der Waals surface area contributed by atoms with Gasteiger partial charge in [-0.2, -0.15) is 5.10 Å². The van der Waals surface area contributed by atoms with Gasteiger partial charge in [0.1, 0.15) is 5.75 Å². The Morgan fingerprint density at radius 2 is 2.00 bits per heavy atom. The van der Waals surface area contributed by atoms with Gasteiger partial charge >= 0.3 is 0 Å². The molecule has 1 aliphatic heterocycles. The van der Waals surface area contributed by atoms with Crippen LogP contribution < -0.4 is 19.6 Å². The van der Waals surface area contributed by atoms with E-state index < -0.39 is 0 Å². The molecule has 3 rings (SSSR count). The number of nitrogens with zero attached hydrogens (tertiary/aromatic N) is 1. The summed E-state index contributed by atoms with van der Waals surface area (Å²) in [5.74, 6) is 1.75. The lowest BCUT2D eigenvalue weighted by atomic mass is 10.2. The Kier molecular flexibility index (Phi) is 5.00. The maximum atomic E-state index is 12.1. The van der Waals surface area contributed by atoms with Gasteiger partial charge in [-0.15, -0.1) is 0 Å². The van der Waals surface area contributed by atoms with Crippen molar-refractivity contribution in [3.05, 3.63) is 52.0 Å². The Morgan fingerprint density at radius 1 is 1.29 bits per heavy atom. The first kappa shape index (κ1) is 16.3. The summed E-state index contributed by atoms with van der Waals surface area (Å²) in [5, 5.41) is 3.98. The molecule has 1 amide bonds. The van der Waals surface area contributed by atoms with Crippen LogP contribution >= 0.6 is 15.9 Å². The van der Waals surface area contributed by atoms with Crippen molar-refractivity contribution in [1.29, 1.82) is 0 Å². The van der Waals surface area contributed by atoms with Crippen LogP contribution in [0.3, 0.4) is 0 Å². The molecule has 1 N–H and O–H groups in total. The lowest BCUT2D eigenvalue weighted by Crippen LogP contribution is -2.17. The molecule has 2 aromatic carbocycles. The molecule has 0 radical (unpaired) electrons. The summed E-state index contributed by atoms with van der Waals surface area (Å²) in [4.78, 5) is 12.1. The number of nitrogens with one attached hydrogen (secondary N) is 1. The fourth-order valence-electron chi connectivity index (χ4n) is 2.13. The fourth-order valence-corrected chi connectivity index (χ4v) is 2.55. The van der Waals surface area contributed by atoms with Crippen molar-refractivity contribution in [1.82, 2.24) is 5.43 Å². The zero-order chi connectivity index (χ0) is 16.9. The maximum absolute atomic E-state index is 12.1. The molecule has 0 bridgehead atoms. The van der Waals surface area contributed by atoms with Crippen molar-refractivity contribution in [3.8, 4) is 17.2 Å². The van der Waals surface area contributed by atoms with E-state index in [1.54, 1.807) is 42.6 Å². The number of fused-ring (bicyclic) bond motifs is 1. The minimum Gasteiger partial charge on any atom is -0.494 e. The number of hydrazone groups is 1. The minimum atomic E-state index is -0.300. The van der Waals surface area contributed by atoms with Gasteiger partial charge in [0.15, 0.2) is 11.5 Å². The first-order valence-corrected chi connectivity index (χ1v) is 8.12. The van der Waals surface area contributed by atoms with E-state index in [4.69, 9.17) is 14.2 Å². The van der Waals surface area contributed by atoms with E-state index in [0.29, 0.717) is 23.7 Å². The molecule has 6 nitrogen and oxygen atoms in total. The first-order chi connectivity index (χ1) is 11.7. The standard InChI is InChI=1S/C17H15BrN2O4/c1-2-22-13-5-3-11(4-6-13)17(21)20-19-9-12-7-15-16(8-14(12)18)24-10-23-15/h3-9H,2,10H2,1H3,(H,20,21)/b19-9-. The lowest BCUT2D eigenvalue weighted by Gasteiger charge is -2.04. The SMILES string of the molecule is CCOc1ccc(C(=O)N/N=C\c2cc3c(cc2Br)OCO3)cc1. The van der Waals surface area contributed by atoms with Crippen LogP contribution in [0.15, 0.2) is 46.0 Å². The molecule has 0 fully saturated rings. The number of hydrogen-bond acceptors (Lipinski definition) is 5. The van der Waals surface area contributed by atoms with Gasteiger partial charge in [-0.05, 0) is 59.3 Å². The van der Waals surface area contributed by atoms with E-state index in [-0.39, 0.29) is 12.7 Å². The normalized spacial score (nSPS) is 12.4. The molecular formula is C17H15BrN2O4. The van der Waals surface area contributed by atoms with Crippen LogP contribution in [-0.2, 0) is 0 Å². The molecule has 1 aliphatic rings. The van der Waals surface area contributed by atoms with Crippen LogP contribution in [0.2, 0.25) is 0 Å². The topological polar surface area (TPSA) is 69.2 Å². The van der Waals surface area contributed by atoms with Gasteiger partial charge in [-0.3, -0.25) is 4.79 Å². The van der Waals surface area contributed by atoms with Crippen molar-refractivity contribution < 1.29 is 19.0 Å². The van der Waals surface area contributed by atoms with Crippen molar-refractivity contribution in [3.63, 3.8) is 0 Å². The molecule has 2 aromatic rings. The summed E-state index contributed by atoms with van der Waals surface area (Å²) < 4.78 is 16.7. The average molecular weight is 391 g/mol. The van der Waals surface area contributed by atoms with Crippen LogP contribution in [0.1, 0.15) is 22.8 Å². The number of benzene rings is 2. The van der Waals surface area contributed by atoms with Crippen LogP contribution in [0.5, 0.6) is 17.2 Å². The lowest BCUT2D eigenvalue weighted by molar-refractivity contribution is 0.0955. The highest BCUT2D eigenvalue weighted by molar-refractivity contribution is 9.10. The third-order valence-electron chi connectivity index (χ3n) is 3.29. The molecule has 0 aromatic heterocycles. The van der Waals surface area contributed by atoms with Crippen LogP contribution in [0, 0.1) is 0 Å². The van der Waals surface area contributed by atoms with Gasteiger partial charge in [0.05, 0.1) is 12.8 Å². The Morgan fingerprint density at radius 3 is 2.71 bits per heavy atom. The molecule has 0 saturated heterocycles. The molecule has 0 saturated carbocycles. The zero-order valence-corrected chi connectivity index (χ0v) is 14.5. The number of carbonyl (C=O) groups is 1. The number of halogens is 1. The van der Waals surface area contributed by atoms with E-state index in [9.17, 15) is 4.79 Å². The average Bonchev–Trinajstić information content (AvgIpc) is 3.03. The largest absolute Gasteiger partial charge is 0.494 e. The van der Waals surface area contributed by atoms with Gasteiger partial charge < -0.3 is 14.2 Å². The number of carbonyl (C=O) groups excluding carboxylic acids is 1. The third kappa shape index (κ3) is 3.68. The van der Waals surface area contributed by atoms with Gasteiger partial charge in [0.2, 0.25) is 6.79 Å². The third-order valence-corrected chi connectivity index (χ3v) is 3.98. The van der Waals surface area contributed by atoms with Crippen LogP contribution in [-0.4, -0.2) is 25.5 Å². The zero-order valence-electron chi connectivity index (χ0n) is 12.9. The summed E-state index contributed by atoms with van der Waals surface area (Å²) >= 11 is 3.43. The fraction of sp³-hybridized carbons (Fsp3) is 0.176. The molecule has 0 atom stereocenters. The smallest absolute Gasteiger partial charge is 0.271 e. The van der Waals surface area contributed by atoms with Gasteiger partial charge in [0.25, 0.3) is 5.91 Å². The summed E-state index contributed by atoms with van der Waals surface area (Å²) in [6.07, 6.45) is 1.54. The highest BCUT2D eigenvalue weighted by Gasteiger charge is 2.15. The number of hydrogen-bond donors (Lipinski definition) is 1. The second-order valence-electron chi connectivity index (χ2n) is 4.88. The molecule has 7 heteroatoms. The van der Waals surface area contributed by atoms with Crippen molar-refractivity contribution in [2.75, 3.05) is 13.4 Å². The Labute approximate surface area is 147 Å². The summed E-state index contributed by atoms with van der Waals surface area (Å²) in [7, 11) is 0. The van der Waals surface area contributed by atoms with E-state index in [0.717, 1.165) is 15.8 Å². The summed E-state index contributed by atoms with van der Waals surface area (Å²) in [6.45, 7) is 2.70. The predicted molar refractivity (Wildman–Crippen MR) is 92.9 cm³/mol. The first-order valence-electron chi connectivity index (χ1n) is 7.33. The Balaban J connectivity index is 1.64. The molecular weight excluding hydrogens is 376 g/mol. The van der Waals surface area contributed by atoms with E-state index in [1.165, 1.54) is 0 Å². The monoisotopic (exact) mass is 390 g/mol.